The number of hydrogen-bond acceptors (Lipinski definition) is 3. The number of amides is 1. The predicted octanol–water partition coefficient (Wildman–Crippen LogP) is 1.31. The van der Waals surface area contributed by atoms with Crippen LogP contribution in [0.5, 0.6) is 5.75 Å². The molecule has 0 atom stereocenters. The van der Waals surface area contributed by atoms with Gasteiger partial charge in [-0.25, -0.2) is 0 Å². The Balaban J connectivity index is 2.72. The molecule has 4 heteroatoms. The molecule has 0 radical (unpaired) electrons. The lowest BCUT2D eigenvalue weighted by Crippen LogP contribution is -2.31. The van der Waals surface area contributed by atoms with E-state index in [9.17, 15) is 4.79 Å². The fraction of sp³-hybridized carbons (Fsp3) is 0.462. The van der Waals surface area contributed by atoms with E-state index in [-0.39, 0.29) is 12.5 Å². The first-order valence-electron chi connectivity index (χ1n) is 5.75. The summed E-state index contributed by atoms with van der Waals surface area (Å²) in [5.41, 5.74) is 7.56. The van der Waals surface area contributed by atoms with E-state index in [1.807, 2.05) is 32.0 Å². The molecule has 0 aliphatic heterocycles. The van der Waals surface area contributed by atoms with Crippen molar-refractivity contribution >= 4 is 5.91 Å². The van der Waals surface area contributed by atoms with Crippen LogP contribution in [0, 0.1) is 6.92 Å². The van der Waals surface area contributed by atoms with E-state index in [1.54, 1.807) is 11.9 Å². The van der Waals surface area contributed by atoms with Crippen molar-refractivity contribution in [3.8, 4) is 5.75 Å². The summed E-state index contributed by atoms with van der Waals surface area (Å²) in [6, 6.07) is 5.79. The molecule has 0 aliphatic rings. The molecule has 4 nitrogen and oxygen atoms in total. The number of para-hydroxylation sites is 1. The number of nitrogens with two attached hydrogens (primary N) is 1. The average molecular weight is 236 g/mol. The predicted molar refractivity (Wildman–Crippen MR) is 67.9 cm³/mol. The molecule has 2 N–H and O–H groups in total. The first-order valence-corrected chi connectivity index (χ1v) is 5.75. The molecule has 0 spiro atoms. The van der Waals surface area contributed by atoms with Gasteiger partial charge in [0.05, 0.1) is 0 Å². The molecule has 1 aromatic rings. The lowest BCUT2D eigenvalue weighted by atomic mass is 10.1. The highest BCUT2D eigenvalue weighted by Crippen LogP contribution is 2.22. The van der Waals surface area contributed by atoms with Crippen LogP contribution in [-0.2, 0) is 11.3 Å². The van der Waals surface area contributed by atoms with Crippen molar-refractivity contribution in [2.24, 2.45) is 5.73 Å². The Hall–Kier alpha value is -1.55. The minimum absolute atomic E-state index is 0.0290. The van der Waals surface area contributed by atoms with E-state index in [2.05, 4.69) is 0 Å². The summed E-state index contributed by atoms with van der Waals surface area (Å²) in [6.07, 6.45) is 0. The molecule has 0 saturated heterocycles. The summed E-state index contributed by atoms with van der Waals surface area (Å²) in [6.45, 7) is 5.02. The van der Waals surface area contributed by atoms with E-state index in [4.69, 9.17) is 10.5 Å². The van der Waals surface area contributed by atoms with Crippen molar-refractivity contribution < 1.29 is 9.53 Å². The Labute approximate surface area is 102 Å². The summed E-state index contributed by atoms with van der Waals surface area (Å²) in [4.78, 5) is 13.3. The quantitative estimate of drug-likeness (QED) is 0.838. The minimum Gasteiger partial charge on any atom is -0.483 e. The van der Waals surface area contributed by atoms with Crippen LogP contribution in [0.2, 0.25) is 0 Å². The Morgan fingerprint density at radius 2 is 2.18 bits per heavy atom. The van der Waals surface area contributed by atoms with Crippen molar-refractivity contribution in [1.29, 1.82) is 0 Å². The van der Waals surface area contributed by atoms with E-state index >= 15 is 0 Å². The lowest BCUT2D eigenvalue weighted by Gasteiger charge is -2.17. The summed E-state index contributed by atoms with van der Waals surface area (Å²) < 4.78 is 5.57. The Bertz CT molecular complexity index is 391. The zero-order valence-corrected chi connectivity index (χ0v) is 10.7. The second-order valence-corrected chi connectivity index (χ2v) is 3.96. The van der Waals surface area contributed by atoms with Gasteiger partial charge in [0.2, 0.25) is 0 Å². The number of nitrogens with zero attached hydrogens (tertiary/aromatic N) is 1. The molecule has 0 heterocycles. The van der Waals surface area contributed by atoms with Crippen molar-refractivity contribution in [2.45, 2.75) is 20.4 Å². The average Bonchev–Trinajstić information content (AvgIpc) is 2.35. The largest absolute Gasteiger partial charge is 0.483 e. The van der Waals surface area contributed by atoms with Gasteiger partial charge in [-0.15, -0.1) is 0 Å². The molecule has 0 bridgehead atoms. The number of benzene rings is 1. The molecule has 94 valence electrons. The molecule has 0 aromatic heterocycles. The van der Waals surface area contributed by atoms with Crippen LogP contribution in [0.3, 0.4) is 0 Å². The van der Waals surface area contributed by atoms with Gasteiger partial charge in [0.1, 0.15) is 5.75 Å². The zero-order valence-electron chi connectivity index (χ0n) is 10.7. The molecule has 0 fully saturated rings. The lowest BCUT2D eigenvalue weighted by molar-refractivity contribution is -0.131. The number of rotatable bonds is 5. The highest BCUT2D eigenvalue weighted by molar-refractivity contribution is 5.77. The third-order valence-electron chi connectivity index (χ3n) is 2.75. The summed E-state index contributed by atoms with van der Waals surface area (Å²) in [5.74, 6) is 0.701. The van der Waals surface area contributed by atoms with Gasteiger partial charge in [-0.1, -0.05) is 18.2 Å². The smallest absolute Gasteiger partial charge is 0.260 e. The Morgan fingerprint density at radius 1 is 1.47 bits per heavy atom. The molecule has 17 heavy (non-hydrogen) atoms. The molecule has 0 saturated carbocycles. The van der Waals surface area contributed by atoms with E-state index in [0.717, 1.165) is 16.9 Å². The number of aryl methyl sites for hydroxylation is 1. The maximum atomic E-state index is 11.6. The first kappa shape index (κ1) is 13.5. The number of hydrogen-bond donors (Lipinski definition) is 1. The van der Waals surface area contributed by atoms with Crippen LogP contribution < -0.4 is 10.5 Å². The fourth-order valence-corrected chi connectivity index (χ4v) is 1.50. The van der Waals surface area contributed by atoms with Crippen molar-refractivity contribution in [3.63, 3.8) is 0 Å². The fourth-order valence-electron chi connectivity index (χ4n) is 1.50. The van der Waals surface area contributed by atoms with Crippen LogP contribution >= 0.6 is 0 Å². The second kappa shape index (κ2) is 6.25. The molecule has 1 aromatic carbocycles. The third kappa shape index (κ3) is 3.46. The number of likely N-dealkylation sites (N-methyl/N-ethyl adjacent to an activating group) is 1. The van der Waals surface area contributed by atoms with Gasteiger partial charge in [0.25, 0.3) is 5.91 Å². The van der Waals surface area contributed by atoms with Crippen LogP contribution in [0.4, 0.5) is 0 Å². The highest BCUT2D eigenvalue weighted by atomic mass is 16.5. The first-order chi connectivity index (χ1) is 8.10. The van der Waals surface area contributed by atoms with Crippen molar-refractivity contribution in [2.75, 3.05) is 20.2 Å². The van der Waals surface area contributed by atoms with Crippen LogP contribution in [-0.4, -0.2) is 31.0 Å². The number of ether oxygens (including phenoxy) is 1. The van der Waals surface area contributed by atoms with Crippen LogP contribution in [0.15, 0.2) is 18.2 Å². The van der Waals surface area contributed by atoms with Gasteiger partial charge in [0, 0.05) is 25.7 Å². The van der Waals surface area contributed by atoms with Gasteiger partial charge in [-0.2, -0.15) is 0 Å². The van der Waals surface area contributed by atoms with Gasteiger partial charge >= 0.3 is 0 Å². The molecule has 0 aliphatic carbocycles. The van der Waals surface area contributed by atoms with Crippen LogP contribution in [0.25, 0.3) is 0 Å². The molecular weight excluding hydrogens is 216 g/mol. The maximum Gasteiger partial charge on any atom is 0.260 e. The maximum absolute atomic E-state index is 11.6. The number of carbonyl (C=O) groups excluding carboxylic acids is 1. The monoisotopic (exact) mass is 236 g/mol. The van der Waals surface area contributed by atoms with E-state index < -0.39 is 0 Å². The SMILES string of the molecule is CCN(C)C(=O)COc1c(C)cccc1CN. The van der Waals surface area contributed by atoms with Crippen molar-refractivity contribution in [3.05, 3.63) is 29.3 Å². The topological polar surface area (TPSA) is 55.6 Å². The Morgan fingerprint density at radius 3 is 2.76 bits per heavy atom. The van der Waals surface area contributed by atoms with Gasteiger partial charge in [-0.3, -0.25) is 4.79 Å². The molecule has 1 rings (SSSR count). The second-order valence-electron chi connectivity index (χ2n) is 3.96. The number of carbonyl (C=O) groups is 1. The molecule has 0 unspecified atom stereocenters. The van der Waals surface area contributed by atoms with Gasteiger partial charge in [-0.05, 0) is 19.4 Å². The summed E-state index contributed by atoms with van der Waals surface area (Å²) >= 11 is 0. The standard InChI is InChI=1S/C13H20N2O2/c1-4-15(3)12(16)9-17-13-10(2)6-5-7-11(13)8-14/h5-7H,4,8-9,14H2,1-3H3. The Kier molecular flexibility index (Phi) is 4.97. The third-order valence-corrected chi connectivity index (χ3v) is 2.75. The normalized spacial score (nSPS) is 10.1. The molecule has 1 amide bonds. The van der Waals surface area contributed by atoms with Crippen LogP contribution in [0.1, 0.15) is 18.1 Å². The minimum atomic E-state index is -0.0290. The summed E-state index contributed by atoms with van der Waals surface area (Å²) in [5, 5.41) is 0. The van der Waals surface area contributed by atoms with Gasteiger partial charge < -0.3 is 15.4 Å². The van der Waals surface area contributed by atoms with Gasteiger partial charge in [0.15, 0.2) is 6.61 Å². The molecular formula is C13H20N2O2. The summed E-state index contributed by atoms with van der Waals surface area (Å²) in [7, 11) is 1.76. The van der Waals surface area contributed by atoms with E-state index in [1.165, 1.54) is 0 Å². The zero-order chi connectivity index (χ0) is 12.8. The van der Waals surface area contributed by atoms with Crippen molar-refractivity contribution in [1.82, 2.24) is 4.90 Å². The highest BCUT2D eigenvalue weighted by Gasteiger charge is 2.10. The van der Waals surface area contributed by atoms with E-state index in [0.29, 0.717) is 13.1 Å².